The molecule has 1 aliphatic rings. The molecule has 8 nitrogen and oxygen atoms in total. The lowest BCUT2D eigenvalue weighted by molar-refractivity contribution is 0.0925. The van der Waals surface area contributed by atoms with Crippen molar-refractivity contribution in [1.29, 1.82) is 0 Å². The molecule has 0 spiro atoms. The quantitative estimate of drug-likeness (QED) is 0.337. The van der Waals surface area contributed by atoms with Crippen molar-refractivity contribution in [3.05, 3.63) is 47.0 Å². The number of anilines is 1. The second-order valence-electron chi connectivity index (χ2n) is 7.19. The number of nitrogens with zero attached hydrogens (tertiary/aromatic N) is 3. The molecule has 0 aliphatic carbocycles. The van der Waals surface area contributed by atoms with Crippen LogP contribution in [0.3, 0.4) is 0 Å². The minimum atomic E-state index is -0.189. The number of pyridine rings is 1. The molecule has 3 N–H and O–H groups in total. The molecular formula is C21H29ClN6O2. The highest BCUT2D eigenvalue weighted by molar-refractivity contribution is 6.32. The summed E-state index contributed by atoms with van der Waals surface area (Å²) in [7, 11) is 0. The van der Waals surface area contributed by atoms with E-state index in [0.29, 0.717) is 23.9 Å². The number of guanidine groups is 1. The molecule has 1 aliphatic heterocycles. The van der Waals surface area contributed by atoms with E-state index in [4.69, 9.17) is 16.0 Å². The van der Waals surface area contributed by atoms with Crippen LogP contribution in [0.5, 0.6) is 0 Å². The molecule has 0 saturated carbocycles. The first-order valence-corrected chi connectivity index (χ1v) is 10.7. The first-order valence-electron chi connectivity index (χ1n) is 10.3. The third-order valence-corrected chi connectivity index (χ3v) is 5.17. The molecule has 0 radical (unpaired) electrons. The van der Waals surface area contributed by atoms with Gasteiger partial charge in [0.25, 0.3) is 5.91 Å². The molecule has 2 aromatic heterocycles. The van der Waals surface area contributed by atoms with Gasteiger partial charge in [0.05, 0.1) is 11.3 Å². The molecule has 1 fully saturated rings. The number of carbonyl (C=O) groups excluding carboxylic acids is 1. The zero-order valence-electron chi connectivity index (χ0n) is 17.4. The zero-order chi connectivity index (χ0) is 21.3. The number of rotatable bonds is 8. The summed E-state index contributed by atoms with van der Waals surface area (Å²) >= 11 is 6.27. The van der Waals surface area contributed by atoms with Gasteiger partial charge >= 0.3 is 0 Å². The number of furan rings is 1. The van der Waals surface area contributed by atoms with Crippen LogP contribution < -0.4 is 20.9 Å². The fourth-order valence-electron chi connectivity index (χ4n) is 3.35. The van der Waals surface area contributed by atoms with Crippen molar-refractivity contribution in [3.8, 4) is 0 Å². The lowest BCUT2D eigenvalue weighted by Gasteiger charge is -2.20. The van der Waals surface area contributed by atoms with Gasteiger partial charge in [-0.3, -0.25) is 9.79 Å². The Kier molecular flexibility index (Phi) is 7.96. The van der Waals surface area contributed by atoms with Gasteiger partial charge in [-0.25, -0.2) is 4.98 Å². The van der Waals surface area contributed by atoms with Gasteiger partial charge in [0.1, 0.15) is 5.82 Å². The van der Waals surface area contributed by atoms with E-state index in [2.05, 4.69) is 30.8 Å². The third kappa shape index (κ3) is 5.89. The molecule has 30 heavy (non-hydrogen) atoms. The predicted octanol–water partition coefficient (Wildman–Crippen LogP) is 2.59. The van der Waals surface area contributed by atoms with Crippen molar-refractivity contribution in [3.63, 3.8) is 0 Å². The Labute approximate surface area is 182 Å². The SMILES string of the molecule is CCNC(=NCCCNC(=O)c1occc1C)NC1CCN(c2ncccc2Cl)C1. The van der Waals surface area contributed by atoms with Gasteiger partial charge in [-0.2, -0.15) is 0 Å². The Morgan fingerprint density at radius 3 is 3.00 bits per heavy atom. The highest BCUT2D eigenvalue weighted by Crippen LogP contribution is 2.25. The van der Waals surface area contributed by atoms with E-state index < -0.39 is 0 Å². The number of aliphatic imine (C=N–C) groups is 1. The molecule has 162 valence electrons. The summed E-state index contributed by atoms with van der Waals surface area (Å²) in [6, 6.07) is 5.75. The van der Waals surface area contributed by atoms with Crippen LogP contribution in [0.1, 0.15) is 35.9 Å². The Morgan fingerprint density at radius 2 is 2.27 bits per heavy atom. The molecule has 3 heterocycles. The van der Waals surface area contributed by atoms with Crippen molar-refractivity contribution >= 4 is 29.3 Å². The molecule has 1 saturated heterocycles. The van der Waals surface area contributed by atoms with Crippen molar-refractivity contribution in [1.82, 2.24) is 20.9 Å². The second kappa shape index (κ2) is 10.9. The van der Waals surface area contributed by atoms with Gasteiger partial charge in [0, 0.05) is 50.5 Å². The fourth-order valence-corrected chi connectivity index (χ4v) is 3.59. The minimum Gasteiger partial charge on any atom is -0.459 e. The molecular weight excluding hydrogens is 404 g/mol. The Hall–Kier alpha value is -2.74. The van der Waals surface area contributed by atoms with Gasteiger partial charge in [-0.15, -0.1) is 0 Å². The van der Waals surface area contributed by atoms with E-state index in [-0.39, 0.29) is 11.9 Å². The van der Waals surface area contributed by atoms with E-state index in [9.17, 15) is 4.79 Å². The van der Waals surface area contributed by atoms with E-state index in [1.54, 1.807) is 12.3 Å². The number of hydrogen-bond donors (Lipinski definition) is 3. The molecule has 0 bridgehead atoms. The standard InChI is InChI=1S/C21H29ClN6O2/c1-3-23-21(26-11-5-10-25-20(29)18-15(2)8-13-30-18)27-16-7-12-28(14-16)19-17(22)6-4-9-24-19/h4,6,8-9,13,16H,3,5,7,10-12,14H2,1-2H3,(H,25,29)(H2,23,26,27). The van der Waals surface area contributed by atoms with E-state index >= 15 is 0 Å². The topological polar surface area (TPSA) is 94.8 Å². The number of aromatic nitrogens is 1. The summed E-state index contributed by atoms with van der Waals surface area (Å²) < 4.78 is 5.20. The summed E-state index contributed by atoms with van der Waals surface area (Å²) in [6.07, 6.45) is 5.01. The molecule has 1 atom stereocenters. The maximum absolute atomic E-state index is 12.0. The van der Waals surface area contributed by atoms with Gasteiger partial charge in [0.15, 0.2) is 11.7 Å². The third-order valence-electron chi connectivity index (χ3n) is 4.87. The number of aryl methyl sites for hydroxylation is 1. The van der Waals surface area contributed by atoms with Crippen LogP contribution in [-0.4, -0.2) is 55.6 Å². The molecule has 3 rings (SSSR count). The molecule has 9 heteroatoms. The summed E-state index contributed by atoms with van der Waals surface area (Å²) in [5.74, 6) is 1.79. The number of amides is 1. The first kappa shape index (κ1) is 22.0. The minimum absolute atomic E-state index is 0.189. The smallest absolute Gasteiger partial charge is 0.287 e. The van der Waals surface area contributed by atoms with Crippen LogP contribution >= 0.6 is 11.6 Å². The molecule has 1 unspecified atom stereocenters. The maximum Gasteiger partial charge on any atom is 0.287 e. The summed E-state index contributed by atoms with van der Waals surface area (Å²) in [6.45, 7) is 7.53. The van der Waals surface area contributed by atoms with Crippen molar-refractivity contribution in [2.45, 2.75) is 32.7 Å². The average molecular weight is 433 g/mol. The normalized spacial score (nSPS) is 16.6. The van der Waals surface area contributed by atoms with E-state index in [1.165, 1.54) is 6.26 Å². The van der Waals surface area contributed by atoms with Gasteiger partial charge in [0.2, 0.25) is 0 Å². The van der Waals surface area contributed by atoms with Crippen LogP contribution in [0.25, 0.3) is 0 Å². The fraction of sp³-hybridized carbons (Fsp3) is 0.476. The van der Waals surface area contributed by atoms with Crippen LogP contribution in [-0.2, 0) is 0 Å². The zero-order valence-corrected chi connectivity index (χ0v) is 18.2. The lowest BCUT2D eigenvalue weighted by Crippen LogP contribution is -2.44. The van der Waals surface area contributed by atoms with Crippen LogP contribution in [0.4, 0.5) is 5.82 Å². The average Bonchev–Trinajstić information content (AvgIpc) is 3.37. The molecule has 0 aromatic carbocycles. The highest BCUT2D eigenvalue weighted by atomic mass is 35.5. The van der Waals surface area contributed by atoms with Crippen molar-refractivity contribution < 1.29 is 9.21 Å². The van der Waals surface area contributed by atoms with Gasteiger partial charge in [-0.05, 0) is 44.9 Å². The second-order valence-corrected chi connectivity index (χ2v) is 7.59. The van der Waals surface area contributed by atoms with E-state index in [0.717, 1.165) is 49.8 Å². The Morgan fingerprint density at radius 1 is 1.40 bits per heavy atom. The summed E-state index contributed by atoms with van der Waals surface area (Å²) in [4.78, 5) is 23.3. The molecule has 1 amide bonds. The predicted molar refractivity (Wildman–Crippen MR) is 119 cm³/mol. The number of halogens is 1. The molecule has 2 aromatic rings. The monoisotopic (exact) mass is 432 g/mol. The van der Waals surface area contributed by atoms with Crippen LogP contribution in [0, 0.1) is 6.92 Å². The Balaban J connectivity index is 1.44. The lowest BCUT2D eigenvalue weighted by atomic mass is 10.2. The number of nitrogens with one attached hydrogen (secondary N) is 3. The van der Waals surface area contributed by atoms with Crippen LogP contribution in [0.15, 0.2) is 40.1 Å². The maximum atomic E-state index is 12.0. The van der Waals surface area contributed by atoms with Gasteiger partial charge in [-0.1, -0.05) is 11.6 Å². The highest BCUT2D eigenvalue weighted by Gasteiger charge is 2.25. The summed E-state index contributed by atoms with van der Waals surface area (Å²) in [5.41, 5.74) is 0.835. The number of carbonyl (C=O) groups is 1. The summed E-state index contributed by atoms with van der Waals surface area (Å²) in [5, 5.41) is 10.3. The number of hydrogen-bond acceptors (Lipinski definition) is 5. The van der Waals surface area contributed by atoms with Gasteiger partial charge < -0.3 is 25.3 Å². The van der Waals surface area contributed by atoms with Crippen molar-refractivity contribution in [2.24, 2.45) is 4.99 Å². The first-order chi connectivity index (χ1) is 14.6. The van der Waals surface area contributed by atoms with Crippen LogP contribution in [0.2, 0.25) is 5.02 Å². The Bertz CT molecular complexity index is 869. The largest absolute Gasteiger partial charge is 0.459 e. The van der Waals surface area contributed by atoms with Crippen molar-refractivity contribution in [2.75, 3.05) is 37.6 Å². The van der Waals surface area contributed by atoms with E-state index in [1.807, 2.05) is 26.0 Å².